The zero-order valence-corrected chi connectivity index (χ0v) is 11.4. The first-order valence-corrected chi connectivity index (χ1v) is 6.03. The largest absolute Gasteiger partial charge is 0.467 e. The van der Waals surface area contributed by atoms with E-state index in [2.05, 4.69) is 10.6 Å². The highest BCUT2D eigenvalue weighted by Gasteiger charge is 2.19. The van der Waals surface area contributed by atoms with Gasteiger partial charge in [-0.05, 0) is 32.9 Å². The van der Waals surface area contributed by atoms with Crippen LogP contribution in [0.3, 0.4) is 0 Å². The summed E-state index contributed by atoms with van der Waals surface area (Å²) in [7, 11) is 1.66. The molecule has 0 aliphatic carbocycles. The van der Waals surface area contributed by atoms with Crippen LogP contribution in [0, 0.1) is 0 Å². The lowest BCUT2D eigenvalue weighted by atomic mass is 10.1. The predicted octanol–water partition coefficient (Wildman–Crippen LogP) is 1.30. The maximum atomic E-state index is 11.8. The Kier molecular flexibility index (Phi) is 5.37. The quantitative estimate of drug-likeness (QED) is 0.770. The number of carbonyl (C=O) groups is 1. The summed E-state index contributed by atoms with van der Waals surface area (Å²) in [6.45, 7) is 6.77. The Bertz CT molecular complexity index is 360. The molecule has 1 unspecified atom stereocenters. The molecule has 1 amide bonds. The fraction of sp³-hybridized carbons (Fsp3) is 0.615. The number of hydrogen-bond donors (Lipinski definition) is 2. The number of carbonyl (C=O) groups excluding carboxylic acids is 1. The van der Waals surface area contributed by atoms with Gasteiger partial charge in [0.05, 0.1) is 24.5 Å². The van der Waals surface area contributed by atoms with Crippen LogP contribution < -0.4 is 10.6 Å². The van der Waals surface area contributed by atoms with Crippen molar-refractivity contribution in [3.8, 4) is 0 Å². The van der Waals surface area contributed by atoms with E-state index >= 15 is 0 Å². The molecular formula is C13H22N2O3. The number of methoxy groups -OCH3 is 1. The number of nitrogens with one attached hydrogen (secondary N) is 2. The average Bonchev–Trinajstić information content (AvgIpc) is 2.86. The van der Waals surface area contributed by atoms with Gasteiger partial charge in [-0.15, -0.1) is 0 Å². The molecule has 0 aliphatic heterocycles. The van der Waals surface area contributed by atoms with E-state index in [-0.39, 0.29) is 17.6 Å². The van der Waals surface area contributed by atoms with Gasteiger partial charge >= 0.3 is 0 Å². The van der Waals surface area contributed by atoms with Crippen molar-refractivity contribution in [3.05, 3.63) is 24.2 Å². The molecule has 1 aromatic rings. The van der Waals surface area contributed by atoms with Crippen molar-refractivity contribution >= 4 is 5.91 Å². The first kappa shape index (κ1) is 14.7. The van der Waals surface area contributed by atoms with Crippen LogP contribution in [0.15, 0.2) is 22.8 Å². The van der Waals surface area contributed by atoms with Gasteiger partial charge in [0.25, 0.3) is 0 Å². The van der Waals surface area contributed by atoms with Crippen LogP contribution in [0.25, 0.3) is 0 Å². The fourth-order valence-electron chi connectivity index (χ4n) is 1.30. The number of ether oxygens (including phenoxy) is 1. The van der Waals surface area contributed by atoms with Crippen LogP contribution in [0.1, 0.15) is 26.5 Å². The minimum absolute atomic E-state index is 0.0571. The Morgan fingerprint density at radius 1 is 1.56 bits per heavy atom. The van der Waals surface area contributed by atoms with E-state index in [0.717, 1.165) is 5.76 Å². The van der Waals surface area contributed by atoms with E-state index in [1.807, 2.05) is 26.8 Å². The number of hydrogen-bond acceptors (Lipinski definition) is 4. The maximum Gasteiger partial charge on any atom is 0.237 e. The molecule has 5 heteroatoms. The first-order valence-electron chi connectivity index (χ1n) is 6.03. The zero-order chi connectivity index (χ0) is 13.6. The molecule has 102 valence electrons. The molecule has 0 saturated heterocycles. The second kappa shape index (κ2) is 6.56. The Balaban J connectivity index is 2.29. The van der Waals surface area contributed by atoms with Gasteiger partial charge in [0.15, 0.2) is 0 Å². The van der Waals surface area contributed by atoms with Crippen LogP contribution >= 0.6 is 0 Å². The molecule has 0 saturated carbocycles. The zero-order valence-electron chi connectivity index (χ0n) is 11.4. The third kappa shape index (κ3) is 4.89. The van der Waals surface area contributed by atoms with Crippen LogP contribution in [0.2, 0.25) is 0 Å². The van der Waals surface area contributed by atoms with E-state index in [0.29, 0.717) is 13.1 Å². The van der Waals surface area contributed by atoms with Crippen molar-refractivity contribution in [2.75, 3.05) is 13.7 Å². The van der Waals surface area contributed by atoms with Crippen molar-refractivity contribution in [2.24, 2.45) is 0 Å². The lowest BCUT2D eigenvalue weighted by molar-refractivity contribution is -0.123. The number of amides is 1. The molecule has 1 heterocycles. The summed E-state index contributed by atoms with van der Waals surface area (Å²) in [5.74, 6) is 0.686. The summed E-state index contributed by atoms with van der Waals surface area (Å²) in [5.41, 5.74) is -0.282. The molecule has 18 heavy (non-hydrogen) atoms. The third-order valence-corrected chi connectivity index (χ3v) is 2.80. The highest BCUT2D eigenvalue weighted by molar-refractivity contribution is 5.81. The SMILES string of the molecule is COC(C)(C)CNC(C)C(=O)NCc1ccco1. The van der Waals surface area contributed by atoms with Gasteiger partial charge in [-0.25, -0.2) is 0 Å². The second-order valence-corrected chi connectivity index (χ2v) is 4.86. The smallest absolute Gasteiger partial charge is 0.237 e. The Morgan fingerprint density at radius 2 is 2.28 bits per heavy atom. The third-order valence-electron chi connectivity index (χ3n) is 2.80. The fourth-order valence-corrected chi connectivity index (χ4v) is 1.30. The van der Waals surface area contributed by atoms with Crippen molar-refractivity contribution in [3.63, 3.8) is 0 Å². The summed E-state index contributed by atoms with van der Waals surface area (Å²) in [6, 6.07) is 3.35. The second-order valence-electron chi connectivity index (χ2n) is 4.86. The summed E-state index contributed by atoms with van der Waals surface area (Å²) >= 11 is 0. The molecule has 2 N–H and O–H groups in total. The van der Waals surface area contributed by atoms with Crippen molar-refractivity contribution in [2.45, 2.75) is 39.0 Å². The van der Waals surface area contributed by atoms with Gasteiger partial charge in [0, 0.05) is 13.7 Å². The van der Waals surface area contributed by atoms with Gasteiger partial charge in [-0.2, -0.15) is 0 Å². The van der Waals surface area contributed by atoms with Gasteiger partial charge < -0.3 is 19.8 Å². The maximum absolute atomic E-state index is 11.8. The van der Waals surface area contributed by atoms with Crippen LogP contribution in [0.4, 0.5) is 0 Å². The Morgan fingerprint density at radius 3 is 2.83 bits per heavy atom. The summed E-state index contributed by atoms with van der Waals surface area (Å²) in [4.78, 5) is 11.8. The molecule has 0 aliphatic rings. The molecule has 0 fully saturated rings. The van der Waals surface area contributed by atoms with Crippen LogP contribution in [-0.2, 0) is 16.1 Å². The van der Waals surface area contributed by atoms with Crippen LogP contribution in [-0.4, -0.2) is 31.2 Å². The lowest BCUT2D eigenvalue weighted by Crippen LogP contribution is -2.47. The molecule has 0 radical (unpaired) electrons. The van der Waals surface area contributed by atoms with Gasteiger partial charge in [-0.3, -0.25) is 4.79 Å². The van der Waals surface area contributed by atoms with E-state index in [1.165, 1.54) is 0 Å². The molecular weight excluding hydrogens is 232 g/mol. The molecule has 5 nitrogen and oxygen atoms in total. The van der Waals surface area contributed by atoms with Gasteiger partial charge in [-0.1, -0.05) is 0 Å². The molecule has 0 bridgehead atoms. The first-order chi connectivity index (χ1) is 8.44. The Labute approximate surface area is 108 Å². The minimum Gasteiger partial charge on any atom is -0.467 e. The molecule has 0 spiro atoms. The van der Waals surface area contributed by atoms with E-state index < -0.39 is 0 Å². The Hall–Kier alpha value is -1.33. The lowest BCUT2D eigenvalue weighted by Gasteiger charge is -2.25. The van der Waals surface area contributed by atoms with E-state index in [1.54, 1.807) is 19.4 Å². The highest BCUT2D eigenvalue weighted by atomic mass is 16.5. The number of rotatable bonds is 7. The average molecular weight is 254 g/mol. The topological polar surface area (TPSA) is 63.5 Å². The van der Waals surface area contributed by atoms with E-state index in [9.17, 15) is 4.79 Å². The molecule has 0 aromatic carbocycles. The monoisotopic (exact) mass is 254 g/mol. The molecule has 1 aromatic heterocycles. The van der Waals surface area contributed by atoms with E-state index in [4.69, 9.17) is 9.15 Å². The molecule has 1 atom stereocenters. The van der Waals surface area contributed by atoms with Crippen LogP contribution in [0.5, 0.6) is 0 Å². The standard InChI is InChI=1S/C13H22N2O3/c1-10(15-9-13(2,3)17-4)12(16)14-8-11-6-5-7-18-11/h5-7,10,15H,8-9H2,1-4H3,(H,14,16). The minimum atomic E-state index is -0.282. The van der Waals surface area contributed by atoms with Crippen molar-refractivity contribution in [1.29, 1.82) is 0 Å². The normalized spacial score (nSPS) is 13.3. The van der Waals surface area contributed by atoms with Crippen molar-refractivity contribution in [1.82, 2.24) is 10.6 Å². The van der Waals surface area contributed by atoms with Gasteiger partial charge in [0.1, 0.15) is 5.76 Å². The highest BCUT2D eigenvalue weighted by Crippen LogP contribution is 2.05. The summed E-state index contributed by atoms with van der Waals surface area (Å²) < 4.78 is 10.4. The van der Waals surface area contributed by atoms with Gasteiger partial charge in [0.2, 0.25) is 5.91 Å². The predicted molar refractivity (Wildman–Crippen MR) is 69.1 cm³/mol. The van der Waals surface area contributed by atoms with Crippen molar-refractivity contribution < 1.29 is 13.9 Å². The summed E-state index contributed by atoms with van der Waals surface area (Å²) in [6.07, 6.45) is 1.59. The molecule has 1 rings (SSSR count). The summed E-state index contributed by atoms with van der Waals surface area (Å²) in [5, 5.41) is 5.94. The number of furan rings is 1.